The summed E-state index contributed by atoms with van der Waals surface area (Å²) in [5.74, 6) is 0. The third-order valence-electron chi connectivity index (χ3n) is 3.79. The molecule has 1 aliphatic heterocycles. The molecule has 1 saturated heterocycles. The molecule has 0 saturated carbocycles. The molecule has 1 aromatic rings. The van der Waals surface area contributed by atoms with Gasteiger partial charge in [0.05, 0.1) is 18.2 Å². The minimum atomic E-state index is -0.685. The molecule has 4 heteroatoms. The highest BCUT2D eigenvalue weighted by Crippen LogP contribution is 2.26. The predicted molar refractivity (Wildman–Crippen MR) is 75.2 cm³/mol. The molecule has 0 amide bonds. The van der Waals surface area contributed by atoms with E-state index in [-0.39, 0.29) is 6.04 Å². The van der Waals surface area contributed by atoms with E-state index in [9.17, 15) is 5.11 Å². The first-order valence-electron chi connectivity index (χ1n) is 6.78. The second-order valence-electron chi connectivity index (χ2n) is 5.22. The Kier molecular flexibility index (Phi) is 4.80. The molecule has 0 bridgehead atoms. The number of hydrogen-bond donors (Lipinski definition) is 2. The summed E-state index contributed by atoms with van der Waals surface area (Å²) in [5.41, 5.74) is 1.45. The molecule has 19 heavy (non-hydrogen) atoms. The first-order chi connectivity index (χ1) is 9.14. The summed E-state index contributed by atoms with van der Waals surface area (Å²) in [6, 6.07) is 8.09. The van der Waals surface area contributed by atoms with Crippen LogP contribution in [0.2, 0.25) is 0 Å². The predicted octanol–water partition coefficient (Wildman–Crippen LogP) is 2.17. The Balaban J connectivity index is 2.01. The highest BCUT2D eigenvalue weighted by molar-refractivity contribution is 5.46. The topological polar surface area (TPSA) is 50.7 Å². The number of methoxy groups -OCH3 is 1. The molecule has 0 aromatic heterocycles. The van der Waals surface area contributed by atoms with Crippen LogP contribution < -0.4 is 5.32 Å². The third-order valence-corrected chi connectivity index (χ3v) is 3.79. The number of benzene rings is 1. The lowest BCUT2D eigenvalue weighted by Crippen LogP contribution is -2.49. The maximum atomic E-state index is 10.6. The van der Waals surface area contributed by atoms with E-state index in [1.165, 1.54) is 0 Å². The van der Waals surface area contributed by atoms with Gasteiger partial charge in [0.2, 0.25) is 0 Å². The molecule has 106 valence electrons. The van der Waals surface area contributed by atoms with Crippen molar-refractivity contribution in [1.29, 1.82) is 0 Å². The van der Waals surface area contributed by atoms with E-state index in [2.05, 4.69) is 11.4 Å². The zero-order valence-electron chi connectivity index (χ0n) is 11.7. The van der Waals surface area contributed by atoms with E-state index in [0.29, 0.717) is 32.7 Å². The van der Waals surface area contributed by atoms with Crippen molar-refractivity contribution < 1.29 is 14.6 Å². The van der Waals surface area contributed by atoms with Gasteiger partial charge in [-0.2, -0.15) is 0 Å². The van der Waals surface area contributed by atoms with Crippen molar-refractivity contribution in [3.05, 3.63) is 29.8 Å². The Morgan fingerprint density at radius 1 is 1.42 bits per heavy atom. The quantitative estimate of drug-likeness (QED) is 0.856. The summed E-state index contributed by atoms with van der Waals surface area (Å²) in [5, 5.41) is 14.0. The SMILES string of the molecule is COCc1cccc(NC(C)C2(O)CCOCC2)c1. The van der Waals surface area contributed by atoms with Gasteiger partial charge >= 0.3 is 0 Å². The molecule has 2 N–H and O–H groups in total. The zero-order valence-corrected chi connectivity index (χ0v) is 11.7. The lowest BCUT2D eigenvalue weighted by atomic mass is 9.87. The molecule has 0 aliphatic carbocycles. The molecule has 0 spiro atoms. The van der Waals surface area contributed by atoms with Crippen molar-refractivity contribution in [2.75, 3.05) is 25.6 Å². The monoisotopic (exact) mass is 265 g/mol. The van der Waals surface area contributed by atoms with Crippen LogP contribution in [0.1, 0.15) is 25.3 Å². The van der Waals surface area contributed by atoms with Crippen molar-refractivity contribution >= 4 is 5.69 Å². The fraction of sp³-hybridized carbons (Fsp3) is 0.600. The van der Waals surface area contributed by atoms with Gasteiger partial charge in [0, 0.05) is 38.9 Å². The lowest BCUT2D eigenvalue weighted by molar-refractivity contribution is -0.0711. The number of ether oxygens (including phenoxy) is 2. The van der Waals surface area contributed by atoms with E-state index in [1.54, 1.807) is 7.11 Å². The van der Waals surface area contributed by atoms with Crippen LogP contribution in [0, 0.1) is 0 Å². The van der Waals surface area contributed by atoms with Gasteiger partial charge in [0.1, 0.15) is 0 Å². The average molecular weight is 265 g/mol. The minimum absolute atomic E-state index is 0.00538. The lowest BCUT2D eigenvalue weighted by Gasteiger charge is -2.38. The van der Waals surface area contributed by atoms with E-state index < -0.39 is 5.60 Å². The Bertz CT molecular complexity index is 402. The summed E-state index contributed by atoms with van der Waals surface area (Å²) >= 11 is 0. The van der Waals surface area contributed by atoms with Crippen molar-refractivity contribution in [2.45, 2.75) is 38.0 Å². The molecule has 1 aromatic carbocycles. The van der Waals surface area contributed by atoms with Crippen molar-refractivity contribution in [1.82, 2.24) is 0 Å². The molecule has 1 atom stereocenters. The minimum Gasteiger partial charge on any atom is -0.388 e. The molecular formula is C15H23NO3. The van der Waals surface area contributed by atoms with Gasteiger partial charge in [0.25, 0.3) is 0 Å². The van der Waals surface area contributed by atoms with Crippen LogP contribution in [-0.2, 0) is 16.1 Å². The number of rotatable bonds is 5. The van der Waals surface area contributed by atoms with Crippen LogP contribution in [0.3, 0.4) is 0 Å². The van der Waals surface area contributed by atoms with Crippen LogP contribution >= 0.6 is 0 Å². The second kappa shape index (κ2) is 6.37. The summed E-state index contributed by atoms with van der Waals surface area (Å²) in [6.45, 7) is 3.88. The van der Waals surface area contributed by atoms with Gasteiger partial charge in [-0.1, -0.05) is 12.1 Å². The number of anilines is 1. The second-order valence-corrected chi connectivity index (χ2v) is 5.22. The first kappa shape index (κ1) is 14.3. The fourth-order valence-electron chi connectivity index (χ4n) is 2.46. The van der Waals surface area contributed by atoms with Crippen LogP contribution in [-0.4, -0.2) is 37.1 Å². The molecule has 1 aliphatic rings. The van der Waals surface area contributed by atoms with E-state index in [4.69, 9.17) is 9.47 Å². The van der Waals surface area contributed by atoms with E-state index in [0.717, 1.165) is 11.3 Å². The van der Waals surface area contributed by atoms with Crippen LogP contribution in [0.15, 0.2) is 24.3 Å². The summed E-state index contributed by atoms with van der Waals surface area (Å²) in [7, 11) is 1.69. The largest absolute Gasteiger partial charge is 0.388 e. The van der Waals surface area contributed by atoms with Gasteiger partial charge in [-0.05, 0) is 24.6 Å². The molecule has 4 nitrogen and oxygen atoms in total. The van der Waals surface area contributed by atoms with Crippen LogP contribution in [0.5, 0.6) is 0 Å². The Hall–Kier alpha value is -1.10. The third kappa shape index (κ3) is 3.69. The van der Waals surface area contributed by atoms with Crippen LogP contribution in [0.25, 0.3) is 0 Å². The number of nitrogens with one attached hydrogen (secondary N) is 1. The maximum absolute atomic E-state index is 10.6. The van der Waals surface area contributed by atoms with Gasteiger partial charge in [-0.15, -0.1) is 0 Å². The van der Waals surface area contributed by atoms with Crippen molar-refractivity contribution in [3.63, 3.8) is 0 Å². The normalized spacial score (nSPS) is 19.9. The zero-order chi connectivity index (χ0) is 13.7. The smallest absolute Gasteiger partial charge is 0.0888 e. The average Bonchev–Trinajstić information content (AvgIpc) is 2.40. The standard InChI is InChI=1S/C15H23NO3/c1-12(15(17)6-8-19-9-7-15)16-14-5-3-4-13(10-14)11-18-2/h3-5,10,12,16-17H,6-9,11H2,1-2H3. The Morgan fingerprint density at radius 2 is 2.16 bits per heavy atom. The number of aliphatic hydroxyl groups is 1. The maximum Gasteiger partial charge on any atom is 0.0888 e. The Labute approximate surface area is 114 Å². The number of hydrogen-bond acceptors (Lipinski definition) is 4. The molecule has 1 heterocycles. The Morgan fingerprint density at radius 3 is 2.84 bits per heavy atom. The molecular weight excluding hydrogens is 242 g/mol. The molecule has 1 unspecified atom stereocenters. The molecule has 0 radical (unpaired) electrons. The van der Waals surface area contributed by atoms with Gasteiger partial charge in [-0.25, -0.2) is 0 Å². The first-order valence-corrected chi connectivity index (χ1v) is 6.78. The molecule has 1 fully saturated rings. The van der Waals surface area contributed by atoms with E-state index in [1.807, 2.05) is 25.1 Å². The van der Waals surface area contributed by atoms with Gasteiger partial charge < -0.3 is 19.9 Å². The van der Waals surface area contributed by atoms with E-state index >= 15 is 0 Å². The van der Waals surface area contributed by atoms with Crippen molar-refractivity contribution in [3.8, 4) is 0 Å². The van der Waals surface area contributed by atoms with Crippen molar-refractivity contribution in [2.24, 2.45) is 0 Å². The van der Waals surface area contributed by atoms with Gasteiger partial charge in [-0.3, -0.25) is 0 Å². The van der Waals surface area contributed by atoms with Gasteiger partial charge in [0.15, 0.2) is 0 Å². The van der Waals surface area contributed by atoms with Crippen LogP contribution in [0.4, 0.5) is 5.69 Å². The summed E-state index contributed by atoms with van der Waals surface area (Å²) in [6.07, 6.45) is 1.36. The highest BCUT2D eigenvalue weighted by atomic mass is 16.5. The summed E-state index contributed by atoms with van der Waals surface area (Å²) in [4.78, 5) is 0. The molecule has 2 rings (SSSR count). The fourth-order valence-corrected chi connectivity index (χ4v) is 2.46. The highest BCUT2D eigenvalue weighted by Gasteiger charge is 2.35. The summed E-state index contributed by atoms with van der Waals surface area (Å²) < 4.78 is 10.4.